The second-order valence-electron chi connectivity index (χ2n) is 4.69. The van der Waals surface area contributed by atoms with Gasteiger partial charge < -0.3 is 14.9 Å². The van der Waals surface area contributed by atoms with E-state index >= 15 is 0 Å². The van der Waals surface area contributed by atoms with E-state index in [0.717, 1.165) is 46.9 Å². The molecule has 2 heterocycles. The first-order chi connectivity index (χ1) is 9.78. The number of benzene rings is 1. The molecule has 0 spiro atoms. The fraction of sp³-hybridized carbons (Fsp3) is 0.357. The third kappa shape index (κ3) is 2.75. The number of hydrogen-bond donors (Lipinski definition) is 1. The number of aliphatic hydroxyl groups excluding tert-OH is 1. The summed E-state index contributed by atoms with van der Waals surface area (Å²) in [4.78, 5) is 9.84. The minimum Gasteiger partial charge on any atom is -0.391 e. The number of thiazole rings is 1. The molecule has 1 fully saturated rings. The van der Waals surface area contributed by atoms with Gasteiger partial charge in [-0.05, 0) is 12.1 Å². The minimum atomic E-state index is 0.0667. The van der Waals surface area contributed by atoms with Crippen molar-refractivity contribution in [1.29, 1.82) is 0 Å². The predicted molar refractivity (Wildman–Crippen MR) is 83.9 cm³/mol. The second kappa shape index (κ2) is 5.99. The Morgan fingerprint density at radius 3 is 2.50 bits per heavy atom. The molecule has 4 nitrogen and oxygen atoms in total. The third-order valence-electron chi connectivity index (χ3n) is 3.44. The first-order valence-electron chi connectivity index (χ1n) is 6.58. The second-order valence-corrected chi connectivity index (χ2v) is 6.19. The van der Waals surface area contributed by atoms with E-state index in [0.29, 0.717) is 0 Å². The van der Waals surface area contributed by atoms with Crippen molar-refractivity contribution in [1.82, 2.24) is 4.98 Å². The Bertz CT molecular complexity index is 581. The summed E-state index contributed by atoms with van der Waals surface area (Å²) >= 11 is 7.80. The Morgan fingerprint density at radius 2 is 1.85 bits per heavy atom. The van der Waals surface area contributed by atoms with Crippen LogP contribution in [0.3, 0.4) is 0 Å². The summed E-state index contributed by atoms with van der Waals surface area (Å²) < 4.78 is 0. The van der Waals surface area contributed by atoms with E-state index in [2.05, 4.69) is 20.9 Å². The van der Waals surface area contributed by atoms with Crippen LogP contribution in [0.1, 0.15) is 4.88 Å². The Hall–Kier alpha value is -1.30. The molecule has 106 valence electrons. The van der Waals surface area contributed by atoms with Crippen LogP contribution in [-0.4, -0.2) is 36.3 Å². The molecule has 1 N–H and O–H groups in total. The van der Waals surface area contributed by atoms with Crippen LogP contribution in [0, 0.1) is 0 Å². The molecule has 6 heteroatoms. The lowest BCUT2D eigenvalue weighted by Crippen LogP contribution is -2.46. The summed E-state index contributed by atoms with van der Waals surface area (Å²) in [6.07, 6.45) is 1.75. The van der Waals surface area contributed by atoms with Gasteiger partial charge in [-0.25, -0.2) is 4.98 Å². The monoisotopic (exact) mass is 309 g/mol. The third-order valence-corrected chi connectivity index (χ3v) is 4.80. The van der Waals surface area contributed by atoms with Crippen molar-refractivity contribution in [2.75, 3.05) is 36.0 Å². The number of piperazine rings is 1. The topological polar surface area (TPSA) is 39.6 Å². The summed E-state index contributed by atoms with van der Waals surface area (Å²) in [6.45, 7) is 3.76. The van der Waals surface area contributed by atoms with Crippen molar-refractivity contribution in [3.05, 3.63) is 40.4 Å². The summed E-state index contributed by atoms with van der Waals surface area (Å²) in [5.74, 6) is 0. The van der Waals surface area contributed by atoms with Gasteiger partial charge in [0.15, 0.2) is 5.13 Å². The van der Waals surface area contributed by atoms with Gasteiger partial charge in [0.2, 0.25) is 0 Å². The molecule has 0 atom stereocenters. The number of aliphatic hydroxyl groups is 1. The largest absolute Gasteiger partial charge is 0.391 e. The summed E-state index contributed by atoms with van der Waals surface area (Å²) in [7, 11) is 0. The Balaban J connectivity index is 1.66. The molecule has 1 aliphatic rings. The number of rotatable bonds is 3. The van der Waals surface area contributed by atoms with E-state index in [-0.39, 0.29) is 6.61 Å². The maximum atomic E-state index is 9.10. The lowest BCUT2D eigenvalue weighted by molar-refractivity contribution is 0.285. The number of hydrogen-bond acceptors (Lipinski definition) is 5. The van der Waals surface area contributed by atoms with E-state index < -0.39 is 0 Å². The molecule has 2 aromatic rings. The van der Waals surface area contributed by atoms with E-state index in [9.17, 15) is 0 Å². The van der Waals surface area contributed by atoms with E-state index in [1.54, 1.807) is 17.5 Å². The van der Waals surface area contributed by atoms with Gasteiger partial charge in [-0.15, -0.1) is 0 Å². The van der Waals surface area contributed by atoms with Gasteiger partial charge in [-0.1, -0.05) is 35.1 Å². The smallest absolute Gasteiger partial charge is 0.185 e. The zero-order valence-electron chi connectivity index (χ0n) is 11.0. The van der Waals surface area contributed by atoms with Crippen LogP contribution in [-0.2, 0) is 6.61 Å². The zero-order valence-corrected chi connectivity index (χ0v) is 12.6. The van der Waals surface area contributed by atoms with Crippen LogP contribution >= 0.6 is 22.9 Å². The highest BCUT2D eigenvalue weighted by molar-refractivity contribution is 7.15. The Labute approximate surface area is 127 Å². The molecule has 20 heavy (non-hydrogen) atoms. The highest BCUT2D eigenvalue weighted by Gasteiger charge is 2.20. The fourth-order valence-corrected chi connectivity index (χ4v) is 3.44. The van der Waals surface area contributed by atoms with Crippen LogP contribution in [0.2, 0.25) is 5.02 Å². The van der Waals surface area contributed by atoms with E-state index in [4.69, 9.17) is 16.7 Å². The number of nitrogens with zero attached hydrogens (tertiary/aromatic N) is 3. The fourth-order valence-electron chi connectivity index (χ4n) is 2.36. The lowest BCUT2D eigenvalue weighted by Gasteiger charge is -2.36. The van der Waals surface area contributed by atoms with Gasteiger partial charge in [0.25, 0.3) is 0 Å². The molecule has 1 aromatic carbocycles. The Kier molecular flexibility index (Phi) is 4.10. The van der Waals surface area contributed by atoms with Crippen LogP contribution in [0.25, 0.3) is 0 Å². The minimum absolute atomic E-state index is 0.0667. The van der Waals surface area contributed by atoms with Crippen molar-refractivity contribution in [3.8, 4) is 0 Å². The van der Waals surface area contributed by atoms with Crippen molar-refractivity contribution < 1.29 is 5.11 Å². The Morgan fingerprint density at radius 1 is 1.15 bits per heavy atom. The quantitative estimate of drug-likeness (QED) is 0.946. The van der Waals surface area contributed by atoms with Gasteiger partial charge >= 0.3 is 0 Å². The molecule has 0 unspecified atom stereocenters. The van der Waals surface area contributed by atoms with Gasteiger partial charge in [0, 0.05) is 32.4 Å². The summed E-state index contributed by atoms with van der Waals surface area (Å²) in [5.41, 5.74) is 1.10. The highest BCUT2D eigenvalue weighted by atomic mass is 35.5. The first kappa shape index (κ1) is 13.7. The maximum absolute atomic E-state index is 9.10. The SMILES string of the molecule is OCc1cnc(N2CCN(c3ccccc3Cl)CC2)s1. The molecule has 1 aromatic heterocycles. The number of para-hydroxylation sites is 1. The molecule has 0 aliphatic carbocycles. The first-order valence-corrected chi connectivity index (χ1v) is 7.77. The standard InChI is InChI=1S/C14H16ClN3OS/c15-12-3-1-2-4-13(12)17-5-7-18(8-6-17)14-16-9-11(10-19)20-14/h1-4,9,19H,5-8,10H2. The van der Waals surface area contributed by atoms with Crippen molar-refractivity contribution in [2.24, 2.45) is 0 Å². The maximum Gasteiger partial charge on any atom is 0.185 e. The molecule has 3 rings (SSSR count). The number of anilines is 2. The molecular formula is C14H16ClN3OS. The number of aromatic nitrogens is 1. The van der Waals surface area contributed by atoms with E-state index in [1.165, 1.54) is 0 Å². The van der Waals surface area contributed by atoms with Crippen LogP contribution in [0.4, 0.5) is 10.8 Å². The van der Waals surface area contributed by atoms with Crippen molar-refractivity contribution >= 4 is 33.8 Å². The molecule has 1 aliphatic heterocycles. The highest BCUT2D eigenvalue weighted by Crippen LogP contribution is 2.28. The van der Waals surface area contributed by atoms with Crippen LogP contribution in [0.5, 0.6) is 0 Å². The number of halogens is 1. The predicted octanol–water partition coefficient (Wildman–Crippen LogP) is 2.62. The lowest BCUT2D eigenvalue weighted by atomic mass is 10.2. The average Bonchev–Trinajstić information content (AvgIpc) is 2.97. The molecule has 0 radical (unpaired) electrons. The van der Waals surface area contributed by atoms with Crippen LogP contribution < -0.4 is 9.80 Å². The molecule has 0 saturated carbocycles. The van der Waals surface area contributed by atoms with Gasteiger partial charge in [0.05, 0.1) is 22.2 Å². The normalized spacial score (nSPS) is 15.7. The van der Waals surface area contributed by atoms with E-state index in [1.807, 2.05) is 18.2 Å². The summed E-state index contributed by atoms with van der Waals surface area (Å²) in [6, 6.07) is 7.96. The van der Waals surface area contributed by atoms with Gasteiger partial charge in [0.1, 0.15) is 0 Å². The molecule has 1 saturated heterocycles. The van der Waals surface area contributed by atoms with Gasteiger partial charge in [-0.2, -0.15) is 0 Å². The average molecular weight is 310 g/mol. The summed E-state index contributed by atoms with van der Waals surface area (Å²) in [5, 5.41) is 10.9. The molecule has 0 amide bonds. The van der Waals surface area contributed by atoms with Crippen molar-refractivity contribution in [2.45, 2.75) is 6.61 Å². The zero-order chi connectivity index (χ0) is 13.9. The van der Waals surface area contributed by atoms with Crippen LogP contribution in [0.15, 0.2) is 30.5 Å². The van der Waals surface area contributed by atoms with Crippen molar-refractivity contribution in [3.63, 3.8) is 0 Å². The molecule has 0 bridgehead atoms. The van der Waals surface area contributed by atoms with Gasteiger partial charge in [-0.3, -0.25) is 0 Å². The molecular weight excluding hydrogens is 294 g/mol.